The fourth-order valence-electron chi connectivity index (χ4n) is 5.59. The number of benzene rings is 4. The van der Waals surface area contributed by atoms with E-state index in [1.165, 1.54) is 80.4 Å². The monoisotopic (exact) mass is 620 g/mol. The van der Waals surface area contributed by atoms with E-state index < -0.39 is 0 Å². The average Bonchev–Trinajstić information content (AvgIpc) is 3.00. The highest BCUT2D eigenvalue weighted by molar-refractivity contribution is 7.99. The van der Waals surface area contributed by atoms with Gasteiger partial charge < -0.3 is 0 Å². The predicted octanol–water partition coefficient (Wildman–Crippen LogP) is 13.1. The van der Waals surface area contributed by atoms with Gasteiger partial charge in [-0.05, 0) is 109 Å². The lowest BCUT2D eigenvalue weighted by Crippen LogP contribution is -2.28. The summed E-state index contributed by atoms with van der Waals surface area (Å²) in [4.78, 5) is 5.12. The van der Waals surface area contributed by atoms with Gasteiger partial charge in [-0.1, -0.05) is 124 Å². The van der Waals surface area contributed by atoms with Crippen molar-refractivity contribution >= 4 is 46.7 Å². The Balaban J connectivity index is 1.77. The van der Waals surface area contributed by atoms with Crippen LogP contribution in [0.25, 0.3) is 0 Å². The number of hydrogen-bond donors (Lipinski definition) is 0. The van der Waals surface area contributed by atoms with E-state index in [9.17, 15) is 0 Å². The van der Waals surface area contributed by atoms with Crippen LogP contribution in [0.15, 0.2) is 105 Å². The highest BCUT2D eigenvalue weighted by Gasteiger charge is 2.34. The van der Waals surface area contributed by atoms with Crippen LogP contribution in [0, 0.1) is 0 Å². The topological polar surface area (TPSA) is 0 Å². The normalized spacial score (nSPS) is 11.7. The molecule has 0 N–H and O–H groups in total. The van der Waals surface area contributed by atoms with Crippen LogP contribution in [0.2, 0.25) is 10.0 Å². The van der Waals surface area contributed by atoms with E-state index in [1.807, 2.05) is 47.8 Å². The molecule has 0 saturated carbocycles. The fourth-order valence-corrected chi connectivity index (χ4v) is 7.84. The largest absolute Gasteiger partial charge is 0.0898 e. The molecule has 0 aliphatic heterocycles. The van der Waals surface area contributed by atoms with Gasteiger partial charge in [-0.15, -0.1) is 0 Å². The molecule has 4 aromatic carbocycles. The van der Waals surface area contributed by atoms with Gasteiger partial charge >= 0.3 is 0 Å². The van der Waals surface area contributed by atoms with Gasteiger partial charge in [-0.2, -0.15) is 0 Å². The molecule has 0 fully saturated rings. The summed E-state index contributed by atoms with van der Waals surface area (Å²) in [6, 6.07) is 31.0. The van der Waals surface area contributed by atoms with Crippen molar-refractivity contribution in [3.8, 4) is 0 Å². The number of hydrogen-bond acceptors (Lipinski definition) is 2. The molecule has 216 valence electrons. The van der Waals surface area contributed by atoms with Crippen LogP contribution in [0.1, 0.15) is 88.5 Å². The molecule has 0 unspecified atom stereocenters. The molecule has 0 heterocycles. The Labute approximate surface area is 266 Å². The number of aryl methyl sites for hydroxylation is 2. The van der Waals surface area contributed by atoms with Crippen LogP contribution in [-0.4, -0.2) is 0 Å². The maximum absolute atomic E-state index is 6.15. The minimum atomic E-state index is 0.00674. The molecule has 0 atom stereocenters. The predicted molar refractivity (Wildman–Crippen MR) is 183 cm³/mol. The van der Waals surface area contributed by atoms with Crippen molar-refractivity contribution in [3.05, 3.63) is 117 Å². The average molecular weight is 622 g/mol. The fraction of sp³-hybridized carbons (Fsp3) is 0.351. The van der Waals surface area contributed by atoms with Crippen LogP contribution in [-0.2, 0) is 18.3 Å². The molecule has 0 spiro atoms. The number of unbranched alkanes of at least 4 members (excludes halogenated alkanes) is 2. The smallest absolute Gasteiger partial charge is 0.0406 e. The molecule has 0 radical (unpaired) electrons. The van der Waals surface area contributed by atoms with Crippen molar-refractivity contribution < 1.29 is 0 Å². The zero-order valence-corrected chi connectivity index (χ0v) is 28.0. The van der Waals surface area contributed by atoms with Crippen LogP contribution >= 0.6 is 46.7 Å². The molecule has 0 amide bonds. The highest BCUT2D eigenvalue weighted by Crippen LogP contribution is 2.45. The first kappa shape index (κ1) is 32.1. The summed E-state index contributed by atoms with van der Waals surface area (Å²) in [5.41, 5.74) is 5.79. The van der Waals surface area contributed by atoms with Crippen molar-refractivity contribution in [1.29, 1.82) is 0 Å². The van der Waals surface area contributed by atoms with Gasteiger partial charge in [0.2, 0.25) is 0 Å². The van der Waals surface area contributed by atoms with Crippen LogP contribution in [0.5, 0.6) is 0 Å². The van der Waals surface area contributed by atoms with Gasteiger partial charge in [0.05, 0.1) is 0 Å². The summed E-state index contributed by atoms with van der Waals surface area (Å²) in [5, 5.41) is 1.56. The molecule has 0 nitrogen and oxygen atoms in total. The Hall–Kier alpha value is -1.84. The van der Waals surface area contributed by atoms with Gasteiger partial charge in [-0.3, -0.25) is 0 Å². The quantitative estimate of drug-likeness (QED) is 0.137. The Bertz CT molecular complexity index is 1280. The van der Waals surface area contributed by atoms with E-state index >= 15 is 0 Å². The summed E-state index contributed by atoms with van der Waals surface area (Å²) >= 11 is 16.0. The first-order valence-electron chi connectivity index (χ1n) is 15.1. The summed E-state index contributed by atoms with van der Waals surface area (Å²) in [5.74, 6) is 0. The van der Waals surface area contributed by atoms with Crippen molar-refractivity contribution in [1.82, 2.24) is 0 Å². The molecular formula is C37H42Cl2S2. The Morgan fingerprint density at radius 2 is 0.927 bits per heavy atom. The first-order valence-corrected chi connectivity index (χ1v) is 17.4. The summed E-state index contributed by atoms with van der Waals surface area (Å²) in [7, 11) is 0. The first-order chi connectivity index (χ1) is 19.9. The van der Waals surface area contributed by atoms with Crippen molar-refractivity contribution in [2.24, 2.45) is 0 Å². The zero-order chi connectivity index (χ0) is 29.2. The lowest BCUT2D eigenvalue weighted by atomic mass is 9.67. The van der Waals surface area contributed by atoms with Crippen molar-refractivity contribution in [2.75, 3.05) is 0 Å². The standard InChI is InChI=1S/C37H42Cl2S2/c1-5-9-23-37(24-10-6-2,29-11-21-35(27(7-3)25-29)40-33-17-13-31(38)14-18-33)30-12-22-36(28(8-4)26-30)41-34-19-15-32(39)16-20-34/h11-22,25-26H,5-10,23-24H2,1-4H3. The molecule has 0 aliphatic carbocycles. The number of rotatable bonds is 14. The van der Waals surface area contributed by atoms with E-state index in [-0.39, 0.29) is 5.41 Å². The van der Waals surface area contributed by atoms with Gasteiger partial charge in [0, 0.05) is 35.0 Å². The summed E-state index contributed by atoms with van der Waals surface area (Å²) in [6.07, 6.45) is 9.20. The van der Waals surface area contributed by atoms with E-state index in [1.54, 1.807) is 0 Å². The van der Waals surface area contributed by atoms with E-state index in [0.717, 1.165) is 22.9 Å². The molecule has 0 aromatic heterocycles. The SMILES string of the molecule is CCCCC(CCCC)(c1ccc(Sc2ccc(Cl)cc2)c(CC)c1)c1ccc(Sc2ccc(Cl)cc2)c(CC)c1. The van der Waals surface area contributed by atoms with E-state index in [0.29, 0.717) is 0 Å². The van der Waals surface area contributed by atoms with Gasteiger partial charge in [0.15, 0.2) is 0 Å². The van der Waals surface area contributed by atoms with Crippen molar-refractivity contribution in [3.63, 3.8) is 0 Å². The maximum Gasteiger partial charge on any atom is 0.0406 e. The van der Waals surface area contributed by atoms with Gasteiger partial charge in [0.25, 0.3) is 0 Å². The molecule has 0 bridgehead atoms. The summed E-state index contributed by atoms with van der Waals surface area (Å²) in [6.45, 7) is 9.19. The molecule has 4 heteroatoms. The van der Waals surface area contributed by atoms with Crippen LogP contribution in [0.3, 0.4) is 0 Å². The molecule has 0 aliphatic rings. The third kappa shape index (κ3) is 8.17. The van der Waals surface area contributed by atoms with Crippen LogP contribution < -0.4 is 0 Å². The minimum absolute atomic E-state index is 0.00674. The zero-order valence-electron chi connectivity index (χ0n) is 24.8. The van der Waals surface area contributed by atoms with Gasteiger partial charge in [0.1, 0.15) is 0 Å². The Morgan fingerprint density at radius 3 is 1.27 bits per heavy atom. The molecule has 4 rings (SSSR count). The lowest BCUT2D eigenvalue weighted by Gasteiger charge is -2.37. The van der Waals surface area contributed by atoms with Crippen LogP contribution in [0.4, 0.5) is 0 Å². The van der Waals surface area contributed by atoms with Crippen molar-refractivity contribution in [2.45, 2.75) is 104 Å². The lowest BCUT2D eigenvalue weighted by molar-refractivity contribution is 0.405. The molecule has 0 saturated heterocycles. The second-order valence-corrected chi connectivity index (χ2v) is 13.9. The molecule has 41 heavy (non-hydrogen) atoms. The third-order valence-corrected chi connectivity index (χ3v) is 10.7. The Morgan fingerprint density at radius 1 is 0.537 bits per heavy atom. The van der Waals surface area contributed by atoms with E-state index in [2.05, 4.69) is 88.4 Å². The molecule has 4 aromatic rings. The Kier molecular flexibility index (Phi) is 12.2. The second-order valence-electron chi connectivity index (χ2n) is 10.8. The molecular weight excluding hydrogens is 579 g/mol. The summed E-state index contributed by atoms with van der Waals surface area (Å²) < 4.78 is 0. The highest BCUT2D eigenvalue weighted by atomic mass is 35.5. The number of halogens is 2. The maximum atomic E-state index is 6.15. The second kappa shape index (κ2) is 15.6. The third-order valence-electron chi connectivity index (χ3n) is 7.99. The van der Waals surface area contributed by atoms with E-state index in [4.69, 9.17) is 23.2 Å². The van der Waals surface area contributed by atoms with Gasteiger partial charge in [-0.25, -0.2) is 0 Å². The minimum Gasteiger partial charge on any atom is -0.0898 e.